The molecule has 0 atom stereocenters. The number of benzene rings is 1. The summed E-state index contributed by atoms with van der Waals surface area (Å²) in [7, 11) is 0. The Labute approximate surface area is 119 Å². The Kier molecular flexibility index (Phi) is 4.04. The van der Waals surface area contributed by atoms with Gasteiger partial charge in [-0.1, -0.05) is 31.5 Å². The maximum absolute atomic E-state index is 12.2. The van der Waals surface area contributed by atoms with E-state index in [1.54, 1.807) is 18.2 Å². The average Bonchev–Trinajstić information content (AvgIpc) is 2.35. The standard InChI is InChI=1S/C15H21ClN2O/c1-15(2)8-6-10(7-9-15)18-14(19)11-4-3-5-12(17)13(11)16/h3-5,10H,6-9,17H2,1-2H3,(H,18,19). The lowest BCUT2D eigenvalue weighted by atomic mass is 9.75. The summed E-state index contributed by atoms with van der Waals surface area (Å²) in [6.07, 6.45) is 4.34. The molecule has 104 valence electrons. The highest BCUT2D eigenvalue weighted by atomic mass is 35.5. The van der Waals surface area contributed by atoms with Gasteiger partial charge in [-0.15, -0.1) is 0 Å². The minimum atomic E-state index is -0.123. The summed E-state index contributed by atoms with van der Waals surface area (Å²) in [5, 5.41) is 3.41. The molecule has 4 heteroatoms. The van der Waals surface area contributed by atoms with Gasteiger partial charge in [0.1, 0.15) is 0 Å². The number of hydrogen-bond donors (Lipinski definition) is 2. The van der Waals surface area contributed by atoms with Gasteiger partial charge in [-0.3, -0.25) is 4.79 Å². The summed E-state index contributed by atoms with van der Waals surface area (Å²) >= 11 is 6.07. The van der Waals surface area contributed by atoms with Crippen LogP contribution < -0.4 is 11.1 Å². The predicted octanol–water partition coefficient (Wildman–Crippen LogP) is 3.62. The zero-order valence-electron chi connectivity index (χ0n) is 11.5. The van der Waals surface area contributed by atoms with Gasteiger partial charge in [-0.2, -0.15) is 0 Å². The van der Waals surface area contributed by atoms with Crippen molar-refractivity contribution in [2.75, 3.05) is 5.73 Å². The van der Waals surface area contributed by atoms with Crippen LogP contribution in [0.15, 0.2) is 18.2 Å². The van der Waals surface area contributed by atoms with Crippen LogP contribution in [0.5, 0.6) is 0 Å². The van der Waals surface area contributed by atoms with Gasteiger partial charge in [-0.25, -0.2) is 0 Å². The Morgan fingerprint density at radius 3 is 2.63 bits per heavy atom. The van der Waals surface area contributed by atoms with Crippen molar-refractivity contribution in [1.82, 2.24) is 5.32 Å². The SMILES string of the molecule is CC1(C)CCC(NC(=O)c2cccc(N)c2Cl)CC1. The second kappa shape index (κ2) is 5.41. The summed E-state index contributed by atoms with van der Waals surface area (Å²) in [6.45, 7) is 4.56. The minimum absolute atomic E-state index is 0.123. The lowest BCUT2D eigenvalue weighted by Crippen LogP contribution is -2.39. The molecule has 0 aliphatic heterocycles. The molecule has 1 aromatic rings. The number of halogens is 1. The first-order valence-electron chi connectivity index (χ1n) is 6.74. The largest absolute Gasteiger partial charge is 0.398 e. The predicted molar refractivity (Wildman–Crippen MR) is 79.4 cm³/mol. The van der Waals surface area contributed by atoms with E-state index in [2.05, 4.69) is 19.2 Å². The number of anilines is 1. The fourth-order valence-corrected chi connectivity index (χ4v) is 2.74. The number of carbonyl (C=O) groups excluding carboxylic acids is 1. The number of rotatable bonds is 2. The number of hydrogen-bond acceptors (Lipinski definition) is 2. The molecule has 3 N–H and O–H groups in total. The first-order chi connectivity index (χ1) is 8.89. The molecule has 3 nitrogen and oxygen atoms in total. The van der Waals surface area contributed by atoms with Crippen LogP contribution in [-0.2, 0) is 0 Å². The van der Waals surface area contributed by atoms with Gasteiger partial charge in [-0.05, 0) is 43.2 Å². The van der Waals surface area contributed by atoms with Gasteiger partial charge in [0, 0.05) is 6.04 Å². The third-order valence-corrected chi connectivity index (χ3v) is 4.37. The summed E-state index contributed by atoms with van der Waals surface area (Å²) in [4.78, 5) is 12.2. The van der Waals surface area contributed by atoms with Gasteiger partial charge in [0.25, 0.3) is 5.91 Å². The van der Waals surface area contributed by atoms with Gasteiger partial charge in [0.2, 0.25) is 0 Å². The quantitative estimate of drug-likeness (QED) is 0.813. The molecule has 1 amide bonds. The summed E-state index contributed by atoms with van der Waals surface area (Å²) in [6, 6.07) is 5.40. The maximum Gasteiger partial charge on any atom is 0.253 e. The monoisotopic (exact) mass is 280 g/mol. The fourth-order valence-electron chi connectivity index (χ4n) is 2.53. The molecule has 2 rings (SSSR count). The molecule has 0 spiro atoms. The molecule has 1 saturated carbocycles. The molecule has 1 aliphatic carbocycles. The zero-order chi connectivity index (χ0) is 14.0. The topological polar surface area (TPSA) is 55.1 Å². The highest BCUT2D eigenvalue weighted by Crippen LogP contribution is 2.35. The summed E-state index contributed by atoms with van der Waals surface area (Å²) < 4.78 is 0. The van der Waals surface area contributed by atoms with Crippen molar-refractivity contribution in [1.29, 1.82) is 0 Å². The maximum atomic E-state index is 12.2. The highest BCUT2D eigenvalue weighted by molar-refractivity contribution is 6.36. The van der Waals surface area contributed by atoms with Crippen molar-refractivity contribution in [3.63, 3.8) is 0 Å². The Morgan fingerprint density at radius 1 is 1.37 bits per heavy atom. The molecule has 0 aromatic heterocycles. The first-order valence-corrected chi connectivity index (χ1v) is 7.12. The molecular weight excluding hydrogens is 260 g/mol. The molecule has 0 bridgehead atoms. The molecule has 0 unspecified atom stereocenters. The van der Waals surface area contributed by atoms with Crippen molar-refractivity contribution in [3.05, 3.63) is 28.8 Å². The Hall–Kier alpha value is -1.22. The number of carbonyl (C=O) groups is 1. The number of nitrogens with one attached hydrogen (secondary N) is 1. The zero-order valence-corrected chi connectivity index (χ0v) is 12.3. The van der Waals surface area contributed by atoms with E-state index in [0.29, 0.717) is 21.7 Å². The molecule has 1 fully saturated rings. The van der Waals surface area contributed by atoms with Crippen LogP contribution in [0.2, 0.25) is 5.02 Å². The third-order valence-electron chi connectivity index (χ3n) is 3.95. The van der Waals surface area contributed by atoms with E-state index in [4.69, 9.17) is 17.3 Å². The number of nitrogen functional groups attached to an aromatic ring is 1. The Balaban J connectivity index is 2.00. The van der Waals surface area contributed by atoms with E-state index >= 15 is 0 Å². The van der Waals surface area contributed by atoms with Crippen molar-refractivity contribution in [3.8, 4) is 0 Å². The van der Waals surface area contributed by atoms with Crippen LogP contribution in [0, 0.1) is 5.41 Å². The van der Waals surface area contributed by atoms with Crippen molar-refractivity contribution < 1.29 is 4.79 Å². The van der Waals surface area contributed by atoms with E-state index in [-0.39, 0.29) is 11.9 Å². The van der Waals surface area contributed by atoms with Gasteiger partial charge in [0.15, 0.2) is 0 Å². The van der Waals surface area contributed by atoms with Crippen LogP contribution in [0.3, 0.4) is 0 Å². The lowest BCUT2D eigenvalue weighted by Gasteiger charge is -2.34. The summed E-state index contributed by atoms with van der Waals surface area (Å²) in [5.41, 5.74) is 7.02. The molecule has 0 heterocycles. The third kappa shape index (κ3) is 3.41. The van der Waals surface area contributed by atoms with Gasteiger partial charge in [0.05, 0.1) is 16.3 Å². The van der Waals surface area contributed by atoms with E-state index in [9.17, 15) is 4.79 Å². The Morgan fingerprint density at radius 2 is 2.00 bits per heavy atom. The van der Waals surface area contributed by atoms with Crippen LogP contribution in [-0.4, -0.2) is 11.9 Å². The van der Waals surface area contributed by atoms with E-state index in [0.717, 1.165) is 25.7 Å². The molecule has 1 aliphatic rings. The van der Waals surface area contributed by atoms with Crippen LogP contribution in [0.1, 0.15) is 49.9 Å². The molecule has 0 saturated heterocycles. The molecule has 19 heavy (non-hydrogen) atoms. The van der Waals surface area contributed by atoms with E-state index in [1.807, 2.05) is 0 Å². The summed E-state index contributed by atoms with van der Waals surface area (Å²) in [5.74, 6) is -0.123. The minimum Gasteiger partial charge on any atom is -0.398 e. The van der Waals surface area contributed by atoms with Crippen LogP contribution in [0.4, 0.5) is 5.69 Å². The fraction of sp³-hybridized carbons (Fsp3) is 0.533. The number of nitrogens with two attached hydrogens (primary N) is 1. The highest BCUT2D eigenvalue weighted by Gasteiger charge is 2.28. The van der Waals surface area contributed by atoms with E-state index < -0.39 is 0 Å². The van der Waals surface area contributed by atoms with Gasteiger partial charge >= 0.3 is 0 Å². The van der Waals surface area contributed by atoms with Crippen LogP contribution >= 0.6 is 11.6 Å². The lowest BCUT2D eigenvalue weighted by molar-refractivity contribution is 0.0909. The van der Waals surface area contributed by atoms with Crippen molar-refractivity contribution in [2.45, 2.75) is 45.6 Å². The van der Waals surface area contributed by atoms with Crippen molar-refractivity contribution >= 4 is 23.2 Å². The average molecular weight is 281 g/mol. The molecule has 0 radical (unpaired) electrons. The molecule has 1 aromatic carbocycles. The Bertz CT molecular complexity index is 475. The number of amides is 1. The van der Waals surface area contributed by atoms with E-state index in [1.165, 1.54) is 0 Å². The normalized spacial score (nSPS) is 19.1. The van der Waals surface area contributed by atoms with Gasteiger partial charge < -0.3 is 11.1 Å². The molecular formula is C15H21ClN2O. The van der Waals surface area contributed by atoms with Crippen LogP contribution in [0.25, 0.3) is 0 Å². The van der Waals surface area contributed by atoms with Crippen molar-refractivity contribution in [2.24, 2.45) is 5.41 Å². The smallest absolute Gasteiger partial charge is 0.253 e. The second-order valence-corrected chi connectivity index (χ2v) is 6.50. The first kappa shape index (κ1) is 14.2. The second-order valence-electron chi connectivity index (χ2n) is 6.12.